The van der Waals surface area contributed by atoms with E-state index in [9.17, 15) is 26.4 Å². The van der Waals surface area contributed by atoms with Crippen LogP contribution >= 0.6 is 0 Å². The van der Waals surface area contributed by atoms with Crippen LogP contribution in [0.5, 0.6) is 0 Å². The Kier molecular flexibility index (Phi) is 8.07. The third kappa shape index (κ3) is 8.04. The highest BCUT2D eigenvalue weighted by Crippen LogP contribution is 2.32. The van der Waals surface area contributed by atoms with E-state index in [0.29, 0.717) is 39.5 Å². The van der Waals surface area contributed by atoms with Gasteiger partial charge >= 0.3 is 22.5 Å². The van der Waals surface area contributed by atoms with Gasteiger partial charge in [-0.3, -0.25) is 9.71 Å². The lowest BCUT2D eigenvalue weighted by atomic mass is 10.0. The first-order valence-corrected chi connectivity index (χ1v) is 13.8. The number of carbonyl (C=O) groups excluding carboxylic acids is 1. The number of aryl methyl sites for hydroxylation is 1. The third-order valence-corrected chi connectivity index (χ3v) is 6.48. The number of alkyl halides is 3. The summed E-state index contributed by atoms with van der Waals surface area (Å²) < 4.78 is 72.9. The highest BCUT2D eigenvalue weighted by atomic mass is 32.2. The molecule has 0 radical (unpaired) electrons. The smallest absolute Gasteiger partial charge is 0.422 e. The van der Waals surface area contributed by atoms with Crippen molar-refractivity contribution in [3.05, 3.63) is 90.1 Å². The number of nitrogens with zero attached hydrogens (tertiary/aromatic N) is 2. The Bertz CT molecular complexity index is 1680. The van der Waals surface area contributed by atoms with Gasteiger partial charge in [-0.05, 0) is 87.4 Å². The number of benzene rings is 2. The van der Waals surface area contributed by atoms with Crippen LogP contribution in [0, 0.1) is 6.92 Å². The molecule has 0 saturated heterocycles. The fourth-order valence-corrected chi connectivity index (χ4v) is 4.64. The standard InChI is InChI=1S/C29H27F3N4O4S/c1-18-15-21(19-11-13-22(14-12-19)29(30,31)32)17-26(33-18)25-10-6-9-24(34-25)20-7-5-8-23(16-20)35-41(38,39)36-27(37)40-28(2,3)4/h5-17,35H,1-4H3,(H,36,37). The topological polar surface area (TPSA) is 110 Å². The van der Waals surface area contributed by atoms with E-state index in [1.807, 2.05) is 0 Å². The van der Waals surface area contributed by atoms with Crippen molar-refractivity contribution in [2.45, 2.75) is 39.5 Å². The lowest BCUT2D eigenvalue weighted by molar-refractivity contribution is -0.137. The second-order valence-electron chi connectivity index (χ2n) is 10.2. The molecule has 214 valence electrons. The van der Waals surface area contributed by atoms with Crippen LogP contribution in [0.4, 0.5) is 23.7 Å². The Hall–Kier alpha value is -4.45. The third-order valence-electron chi connectivity index (χ3n) is 5.54. The SMILES string of the molecule is Cc1cc(-c2ccc(C(F)(F)F)cc2)cc(-c2cccc(-c3cccc(NS(=O)(=O)NC(=O)OC(C)(C)C)c3)n2)n1. The van der Waals surface area contributed by atoms with Gasteiger partial charge in [-0.15, -0.1) is 0 Å². The predicted octanol–water partition coefficient (Wildman–Crippen LogP) is 6.99. The molecule has 2 N–H and O–H groups in total. The Morgan fingerprint density at radius 2 is 1.44 bits per heavy atom. The molecule has 12 heteroatoms. The number of pyridine rings is 2. The van der Waals surface area contributed by atoms with Crippen LogP contribution in [0.1, 0.15) is 32.0 Å². The summed E-state index contributed by atoms with van der Waals surface area (Å²) in [5.41, 5.74) is 2.64. The van der Waals surface area contributed by atoms with E-state index in [4.69, 9.17) is 4.74 Å². The van der Waals surface area contributed by atoms with Crippen LogP contribution in [-0.4, -0.2) is 30.1 Å². The molecule has 0 spiro atoms. The van der Waals surface area contributed by atoms with E-state index in [0.717, 1.165) is 12.1 Å². The summed E-state index contributed by atoms with van der Waals surface area (Å²) in [5, 5.41) is 0. The molecule has 0 aliphatic heterocycles. The predicted molar refractivity (Wildman–Crippen MR) is 150 cm³/mol. The largest absolute Gasteiger partial charge is 0.443 e. The number of aromatic nitrogens is 2. The Labute approximate surface area is 235 Å². The van der Waals surface area contributed by atoms with Crippen LogP contribution in [0.25, 0.3) is 33.8 Å². The minimum absolute atomic E-state index is 0.184. The van der Waals surface area contributed by atoms with E-state index in [2.05, 4.69) is 14.7 Å². The average Bonchev–Trinajstić information content (AvgIpc) is 2.86. The molecular weight excluding hydrogens is 557 g/mol. The van der Waals surface area contributed by atoms with Crippen molar-refractivity contribution in [3.63, 3.8) is 0 Å². The molecule has 0 aliphatic rings. The zero-order chi connectivity index (χ0) is 30.0. The summed E-state index contributed by atoms with van der Waals surface area (Å²) in [4.78, 5) is 21.1. The zero-order valence-corrected chi connectivity index (χ0v) is 23.4. The minimum Gasteiger partial charge on any atom is -0.443 e. The molecular formula is C29H27F3N4O4S. The Morgan fingerprint density at radius 1 is 0.780 bits per heavy atom. The van der Waals surface area contributed by atoms with Gasteiger partial charge in [0.2, 0.25) is 0 Å². The van der Waals surface area contributed by atoms with Gasteiger partial charge in [-0.25, -0.2) is 14.5 Å². The van der Waals surface area contributed by atoms with Crippen LogP contribution in [0.3, 0.4) is 0 Å². The quantitative estimate of drug-likeness (QED) is 0.253. The number of halogens is 3. The maximum absolute atomic E-state index is 13.0. The van der Waals surface area contributed by atoms with E-state index in [-0.39, 0.29) is 5.69 Å². The summed E-state index contributed by atoms with van der Waals surface area (Å²) in [6, 6.07) is 20.1. The first-order valence-electron chi connectivity index (χ1n) is 12.4. The van der Waals surface area contributed by atoms with Gasteiger partial charge in [0.15, 0.2) is 0 Å². The number of nitrogens with one attached hydrogen (secondary N) is 2. The number of ether oxygens (including phenoxy) is 1. The molecule has 1 amide bonds. The van der Waals surface area contributed by atoms with Gasteiger partial charge in [0.05, 0.1) is 28.3 Å². The van der Waals surface area contributed by atoms with Crippen molar-refractivity contribution < 1.29 is 31.1 Å². The summed E-state index contributed by atoms with van der Waals surface area (Å²) in [7, 11) is -4.27. The molecule has 0 bridgehead atoms. The van der Waals surface area contributed by atoms with Gasteiger partial charge in [0, 0.05) is 11.3 Å². The number of amides is 1. The van der Waals surface area contributed by atoms with Crippen molar-refractivity contribution in [2.24, 2.45) is 0 Å². The fraction of sp³-hybridized carbons (Fsp3) is 0.207. The van der Waals surface area contributed by atoms with Crippen LogP contribution in [0.15, 0.2) is 78.9 Å². The summed E-state index contributed by atoms with van der Waals surface area (Å²) in [6.07, 6.45) is -5.54. The maximum Gasteiger partial charge on any atom is 0.422 e. The van der Waals surface area contributed by atoms with E-state index in [1.165, 1.54) is 18.2 Å². The van der Waals surface area contributed by atoms with Gasteiger partial charge < -0.3 is 4.74 Å². The molecule has 8 nitrogen and oxygen atoms in total. The van der Waals surface area contributed by atoms with E-state index >= 15 is 0 Å². The summed E-state index contributed by atoms with van der Waals surface area (Å²) >= 11 is 0. The average molecular weight is 585 g/mol. The van der Waals surface area contributed by atoms with Gasteiger partial charge in [-0.2, -0.15) is 21.6 Å². The van der Waals surface area contributed by atoms with Crippen LogP contribution in [0.2, 0.25) is 0 Å². The molecule has 0 aliphatic carbocycles. The molecule has 2 aromatic heterocycles. The van der Waals surface area contributed by atoms with Gasteiger partial charge in [0.25, 0.3) is 0 Å². The van der Waals surface area contributed by atoms with Crippen molar-refractivity contribution in [2.75, 3.05) is 4.72 Å². The molecule has 0 saturated carbocycles. The molecule has 0 fully saturated rings. The van der Waals surface area contributed by atoms with E-state index < -0.39 is 33.6 Å². The number of hydrogen-bond donors (Lipinski definition) is 2. The van der Waals surface area contributed by atoms with Crippen molar-refractivity contribution in [3.8, 4) is 33.8 Å². The molecule has 0 unspecified atom stereocenters. The van der Waals surface area contributed by atoms with E-state index in [1.54, 1.807) is 80.9 Å². The molecule has 2 heterocycles. The number of anilines is 1. The highest BCUT2D eigenvalue weighted by Gasteiger charge is 2.30. The van der Waals surface area contributed by atoms with Crippen molar-refractivity contribution in [1.29, 1.82) is 0 Å². The van der Waals surface area contributed by atoms with Crippen LogP contribution < -0.4 is 9.44 Å². The Balaban J connectivity index is 1.59. The highest BCUT2D eigenvalue weighted by molar-refractivity contribution is 7.91. The molecule has 4 aromatic rings. The Morgan fingerprint density at radius 3 is 2.10 bits per heavy atom. The molecule has 41 heavy (non-hydrogen) atoms. The number of hydrogen-bond acceptors (Lipinski definition) is 6. The number of rotatable bonds is 6. The minimum atomic E-state index is -4.42. The lowest BCUT2D eigenvalue weighted by Crippen LogP contribution is -2.39. The summed E-state index contributed by atoms with van der Waals surface area (Å²) in [5.74, 6) is 0. The zero-order valence-electron chi connectivity index (χ0n) is 22.6. The monoisotopic (exact) mass is 584 g/mol. The summed E-state index contributed by atoms with van der Waals surface area (Å²) in [6.45, 7) is 6.61. The first-order chi connectivity index (χ1) is 19.1. The second-order valence-corrected chi connectivity index (χ2v) is 11.6. The van der Waals surface area contributed by atoms with Crippen molar-refractivity contribution >= 4 is 22.0 Å². The molecule has 4 rings (SSSR count). The molecule has 2 aromatic carbocycles. The second kappa shape index (κ2) is 11.2. The molecule has 0 atom stereocenters. The number of carbonyl (C=O) groups is 1. The normalized spacial score (nSPS) is 12.1. The van der Waals surface area contributed by atoms with Crippen molar-refractivity contribution in [1.82, 2.24) is 14.7 Å². The van der Waals surface area contributed by atoms with Gasteiger partial charge in [-0.1, -0.05) is 30.3 Å². The first kappa shape index (κ1) is 29.5. The maximum atomic E-state index is 13.0. The lowest BCUT2D eigenvalue weighted by Gasteiger charge is -2.19. The van der Waals surface area contributed by atoms with Gasteiger partial charge in [0.1, 0.15) is 5.60 Å². The van der Waals surface area contributed by atoms with Crippen LogP contribution in [-0.2, 0) is 21.1 Å². The fourth-order valence-electron chi connectivity index (χ4n) is 3.89.